The predicted molar refractivity (Wildman–Crippen MR) is 193 cm³/mol. The van der Waals surface area contributed by atoms with Crippen molar-refractivity contribution in [3.63, 3.8) is 0 Å². The molecule has 0 radical (unpaired) electrons. The summed E-state index contributed by atoms with van der Waals surface area (Å²) >= 11 is 6.19. The van der Waals surface area contributed by atoms with E-state index in [0.717, 1.165) is 35.6 Å². The molecule has 12 heteroatoms. The molecule has 2 amide bonds. The zero-order chi connectivity index (χ0) is 35.7. The number of carbonyl (C=O) groups is 2. The zero-order valence-electron chi connectivity index (χ0n) is 28.4. The molecule has 1 aliphatic rings. The Morgan fingerprint density at radius 3 is 2.16 bits per heavy atom. The molecule has 264 valence electrons. The summed E-state index contributed by atoms with van der Waals surface area (Å²) in [6.07, 6.45) is 3.98. The van der Waals surface area contributed by atoms with Crippen LogP contribution in [-0.2, 0) is 32.6 Å². The van der Waals surface area contributed by atoms with Crippen LogP contribution in [0, 0.1) is 0 Å². The van der Waals surface area contributed by atoms with E-state index >= 15 is 0 Å². The van der Waals surface area contributed by atoms with Gasteiger partial charge in [0.1, 0.15) is 18.3 Å². The minimum atomic E-state index is -4.37. The second-order valence-corrected chi connectivity index (χ2v) is 14.4. The average molecular weight is 720 g/mol. The predicted octanol–water partition coefficient (Wildman–Crippen LogP) is 6.26. The van der Waals surface area contributed by atoms with E-state index in [1.54, 1.807) is 31.4 Å². The Balaban J connectivity index is 1.59. The van der Waals surface area contributed by atoms with Crippen molar-refractivity contribution in [2.24, 2.45) is 0 Å². The molecule has 0 heterocycles. The molecule has 0 spiro atoms. The molecule has 50 heavy (non-hydrogen) atoms. The van der Waals surface area contributed by atoms with Gasteiger partial charge in [-0.25, -0.2) is 8.42 Å². The van der Waals surface area contributed by atoms with E-state index in [0.29, 0.717) is 22.1 Å². The Hall–Kier alpha value is -4.74. The van der Waals surface area contributed by atoms with Gasteiger partial charge in [-0.2, -0.15) is 0 Å². The van der Waals surface area contributed by atoms with Crippen molar-refractivity contribution < 1.29 is 32.2 Å². The molecule has 0 bridgehead atoms. The van der Waals surface area contributed by atoms with Crippen molar-refractivity contribution in [1.29, 1.82) is 0 Å². The molecule has 0 saturated heterocycles. The minimum absolute atomic E-state index is 0.00513. The standard InChI is InChI=1S/C38H42ClN3O7S/c1-47-32-15-9-12-28(22-32)25-41(34(23-27-10-5-4-6-11-27)38(44)40-30-13-7-8-14-30)37(43)26-42(31-18-16-29(39)17-19-31)50(45,46)33-20-21-35(48-2)36(24-33)49-3/h4-6,9-12,15-22,24,30,34H,7-8,13-14,23,25-26H2,1-3H3,(H,40,44). The molecule has 5 rings (SSSR count). The van der Waals surface area contributed by atoms with Gasteiger partial charge in [-0.05, 0) is 72.5 Å². The topological polar surface area (TPSA) is 114 Å². The van der Waals surface area contributed by atoms with Gasteiger partial charge in [-0.3, -0.25) is 13.9 Å². The number of amides is 2. The van der Waals surface area contributed by atoms with Crippen LogP contribution in [0.25, 0.3) is 0 Å². The smallest absolute Gasteiger partial charge is 0.264 e. The van der Waals surface area contributed by atoms with Gasteiger partial charge in [0.2, 0.25) is 11.8 Å². The number of nitrogens with zero attached hydrogens (tertiary/aromatic N) is 2. The molecule has 1 unspecified atom stereocenters. The lowest BCUT2D eigenvalue weighted by atomic mass is 10.0. The van der Waals surface area contributed by atoms with E-state index in [-0.39, 0.29) is 41.2 Å². The number of hydrogen-bond acceptors (Lipinski definition) is 7. The highest BCUT2D eigenvalue weighted by Crippen LogP contribution is 2.33. The van der Waals surface area contributed by atoms with Crippen LogP contribution in [-0.4, -0.2) is 65.1 Å². The lowest BCUT2D eigenvalue weighted by Crippen LogP contribution is -2.54. The molecule has 1 saturated carbocycles. The van der Waals surface area contributed by atoms with E-state index in [1.165, 1.54) is 49.5 Å². The number of methoxy groups -OCH3 is 3. The highest BCUT2D eigenvalue weighted by atomic mass is 35.5. The Bertz CT molecular complexity index is 1870. The van der Waals surface area contributed by atoms with Crippen molar-refractivity contribution in [2.75, 3.05) is 32.2 Å². The quantitative estimate of drug-likeness (QED) is 0.154. The third kappa shape index (κ3) is 8.88. The molecule has 4 aromatic carbocycles. The Morgan fingerprint density at radius 2 is 1.50 bits per heavy atom. The first-order valence-electron chi connectivity index (χ1n) is 16.4. The molecule has 0 aromatic heterocycles. The van der Waals surface area contributed by atoms with Gasteiger partial charge >= 0.3 is 0 Å². The molecular formula is C38H42ClN3O7S. The molecular weight excluding hydrogens is 678 g/mol. The molecule has 1 N–H and O–H groups in total. The van der Waals surface area contributed by atoms with E-state index in [1.807, 2.05) is 42.5 Å². The van der Waals surface area contributed by atoms with Crippen molar-refractivity contribution >= 4 is 39.1 Å². The van der Waals surface area contributed by atoms with Gasteiger partial charge in [-0.15, -0.1) is 0 Å². The third-order valence-electron chi connectivity index (χ3n) is 8.80. The van der Waals surface area contributed by atoms with E-state index in [4.69, 9.17) is 25.8 Å². The van der Waals surface area contributed by atoms with Crippen LogP contribution in [0.4, 0.5) is 5.69 Å². The Morgan fingerprint density at radius 1 is 0.820 bits per heavy atom. The van der Waals surface area contributed by atoms with Gasteiger partial charge in [0.05, 0.1) is 31.9 Å². The van der Waals surface area contributed by atoms with Crippen LogP contribution in [0.3, 0.4) is 0 Å². The van der Waals surface area contributed by atoms with Crippen molar-refractivity contribution in [3.8, 4) is 17.2 Å². The normalized spacial score (nSPS) is 13.7. The number of halogens is 1. The van der Waals surface area contributed by atoms with Crippen LogP contribution in [0.2, 0.25) is 5.02 Å². The monoisotopic (exact) mass is 719 g/mol. The Kier molecular flexibility index (Phi) is 12.3. The van der Waals surface area contributed by atoms with Gasteiger partial charge < -0.3 is 24.4 Å². The highest BCUT2D eigenvalue weighted by Gasteiger charge is 2.36. The summed E-state index contributed by atoms with van der Waals surface area (Å²) < 4.78 is 46.1. The average Bonchev–Trinajstić information content (AvgIpc) is 3.65. The first-order valence-corrected chi connectivity index (χ1v) is 18.2. The summed E-state index contributed by atoms with van der Waals surface area (Å²) in [5, 5.41) is 3.58. The van der Waals surface area contributed by atoms with Crippen LogP contribution in [0.5, 0.6) is 17.2 Å². The fraction of sp³-hybridized carbons (Fsp3) is 0.316. The van der Waals surface area contributed by atoms with E-state index < -0.39 is 28.5 Å². The largest absolute Gasteiger partial charge is 0.497 e. The first kappa shape index (κ1) is 36.5. The van der Waals surface area contributed by atoms with Crippen molar-refractivity contribution in [3.05, 3.63) is 113 Å². The maximum Gasteiger partial charge on any atom is 0.264 e. The van der Waals surface area contributed by atoms with Crippen LogP contribution >= 0.6 is 11.6 Å². The van der Waals surface area contributed by atoms with Crippen LogP contribution in [0.1, 0.15) is 36.8 Å². The molecule has 1 atom stereocenters. The summed E-state index contributed by atoms with van der Waals surface area (Å²) in [6.45, 7) is -0.583. The maximum absolute atomic E-state index is 14.8. The number of ether oxygens (including phenoxy) is 3. The summed E-state index contributed by atoms with van der Waals surface area (Å²) in [5.41, 5.74) is 1.79. The molecule has 0 aliphatic heterocycles. The molecule has 1 fully saturated rings. The number of nitrogens with one attached hydrogen (secondary N) is 1. The summed E-state index contributed by atoms with van der Waals surface area (Å²) in [6, 6.07) is 26.2. The summed E-state index contributed by atoms with van der Waals surface area (Å²) in [7, 11) is 0.0465. The van der Waals surface area contributed by atoms with Crippen molar-refractivity contribution in [2.45, 2.75) is 55.6 Å². The number of rotatable bonds is 15. The fourth-order valence-corrected chi connectivity index (χ4v) is 7.69. The van der Waals surface area contributed by atoms with Crippen molar-refractivity contribution in [1.82, 2.24) is 10.2 Å². The van der Waals surface area contributed by atoms with E-state index in [9.17, 15) is 18.0 Å². The number of hydrogen-bond donors (Lipinski definition) is 1. The number of benzene rings is 4. The highest BCUT2D eigenvalue weighted by molar-refractivity contribution is 7.92. The summed E-state index contributed by atoms with van der Waals surface area (Å²) in [4.78, 5) is 30.3. The lowest BCUT2D eigenvalue weighted by molar-refractivity contribution is -0.140. The first-order chi connectivity index (χ1) is 24.1. The van der Waals surface area contributed by atoms with E-state index in [2.05, 4.69) is 5.32 Å². The Labute approximate surface area is 299 Å². The summed E-state index contributed by atoms with van der Waals surface area (Å²) in [5.74, 6) is 0.278. The van der Waals surface area contributed by atoms with Crippen LogP contribution in [0.15, 0.2) is 102 Å². The third-order valence-corrected chi connectivity index (χ3v) is 10.8. The fourth-order valence-electron chi connectivity index (χ4n) is 6.13. The molecule has 4 aromatic rings. The second-order valence-electron chi connectivity index (χ2n) is 12.1. The lowest BCUT2D eigenvalue weighted by Gasteiger charge is -2.34. The van der Waals surface area contributed by atoms with Gasteiger partial charge in [-0.1, -0.05) is 66.9 Å². The number of carbonyl (C=O) groups excluding carboxylic acids is 2. The second kappa shape index (κ2) is 16.8. The molecule has 10 nitrogen and oxygen atoms in total. The van der Waals surface area contributed by atoms with Gasteiger partial charge in [0.25, 0.3) is 10.0 Å². The minimum Gasteiger partial charge on any atom is -0.497 e. The van der Waals surface area contributed by atoms with Crippen LogP contribution < -0.4 is 23.8 Å². The van der Waals surface area contributed by atoms with Gasteiger partial charge in [0.15, 0.2) is 11.5 Å². The maximum atomic E-state index is 14.8. The number of anilines is 1. The van der Waals surface area contributed by atoms with Gasteiger partial charge in [0, 0.05) is 30.1 Å². The molecule has 1 aliphatic carbocycles. The SMILES string of the molecule is COc1cccc(CN(C(=O)CN(c2ccc(Cl)cc2)S(=O)(=O)c2ccc(OC)c(OC)c2)C(Cc2ccccc2)C(=O)NC2CCCC2)c1. The zero-order valence-corrected chi connectivity index (χ0v) is 30.0. The number of sulfonamides is 1.